The summed E-state index contributed by atoms with van der Waals surface area (Å²) in [6.07, 6.45) is 1.31. The number of thioether (sulfide) groups is 1. The Hall–Kier alpha value is -0.560. The Balaban J connectivity index is 2.10. The second-order valence-corrected chi connectivity index (χ2v) is 8.16. The molecule has 1 atom stereocenters. The first-order valence-corrected chi connectivity index (χ1v) is 9.31. The van der Waals surface area contributed by atoms with E-state index in [4.69, 9.17) is 5.11 Å². The molecule has 1 fully saturated rings. The van der Waals surface area contributed by atoms with Gasteiger partial charge in [0.2, 0.25) is 0 Å². The highest BCUT2D eigenvalue weighted by molar-refractivity contribution is 8.00. The molecule has 1 aromatic rings. The van der Waals surface area contributed by atoms with E-state index in [2.05, 4.69) is 0 Å². The van der Waals surface area contributed by atoms with Crippen molar-refractivity contribution in [1.29, 1.82) is 0 Å². The Kier molecular flexibility index (Phi) is 4.89. The predicted octanol–water partition coefficient (Wildman–Crippen LogP) is 1.10. The lowest BCUT2D eigenvalue weighted by Crippen LogP contribution is -2.46. The number of sulfone groups is 1. The zero-order chi connectivity index (χ0) is 13.9. The monoisotopic (exact) mass is 301 g/mol. The van der Waals surface area contributed by atoms with Gasteiger partial charge in [-0.25, -0.2) is 8.42 Å². The zero-order valence-corrected chi connectivity index (χ0v) is 12.6. The molecular formula is C13H19NO3S2. The summed E-state index contributed by atoms with van der Waals surface area (Å²) in [6.45, 7) is 1.47. The standard InChI is InChI=1S/C13H19NO3S2/c1-19(16,17)13-10-18-7-6-14(13)8-11-2-4-12(9-15)5-3-11/h2-5,13,15H,6-10H2,1H3. The highest BCUT2D eigenvalue weighted by atomic mass is 32.2. The Morgan fingerprint density at radius 3 is 2.53 bits per heavy atom. The molecule has 1 aliphatic rings. The molecule has 0 aromatic heterocycles. The van der Waals surface area contributed by atoms with Gasteiger partial charge in [-0.1, -0.05) is 24.3 Å². The van der Waals surface area contributed by atoms with Gasteiger partial charge < -0.3 is 5.11 Å². The summed E-state index contributed by atoms with van der Waals surface area (Å²) < 4.78 is 23.6. The summed E-state index contributed by atoms with van der Waals surface area (Å²) in [4.78, 5) is 2.03. The Labute approximate surface area is 118 Å². The second-order valence-electron chi connectivity index (χ2n) is 4.80. The average molecular weight is 301 g/mol. The number of aliphatic hydroxyl groups excluding tert-OH is 1. The van der Waals surface area contributed by atoms with Crippen LogP contribution >= 0.6 is 11.8 Å². The molecule has 0 amide bonds. The predicted molar refractivity (Wildman–Crippen MR) is 78.7 cm³/mol. The van der Waals surface area contributed by atoms with Crippen molar-refractivity contribution >= 4 is 21.6 Å². The third-order valence-corrected chi connectivity index (χ3v) is 5.96. The molecule has 19 heavy (non-hydrogen) atoms. The maximum Gasteiger partial charge on any atom is 0.164 e. The molecule has 1 saturated heterocycles. The summed E-state index contributed by atoms with van der Waals surface area (Å²) in [5, 5.41) is 8.62. The number of hydrogen-bond donors (Lipinski definition) is 1. The van der Waals surface area contributed by atoms with Gasteiger partial charge in [0.1, 0.15) is 5.37 Å². The molecule has 6 heteroatoms. The van der Waals surface area contributed by atoms with Crippen LogP contribution in [0.5, 0.6) is 0 Å². The summed E-state index contributed by atoms with van der Waals surface area (Å²) >= 11 is 1.70. The van der Waals surface area contributed by atoms with Gasteiger partial charge in [-0.2, -0.15) is 11.8 Å². The summed E-state index contributed by atoms with van der Waals surface area (Å²) in [5.41, 5.74) is 1.95. The first-order valence-electron chi connectivity index (χ1n) is 6.20. The van der Waals surface area contributed by atoms with Crippen LogP contribution in [-0.2, 0) is 23.0 Å². The van der Waals surface area contributed by atoms with Crippen molar-refractivity contribution < 1.29 is 13.5 Å². The number of aliphatic hydroxyl groups is 1. The highest BCUT2D eigenvalue weighted by Gasteiger charge is 2.30. The molecule has 1 aromatic carbocycles. The van der Waals surface area contributed by atoms with Crippen molar-refractivity contribution in [1.82, 2.24) is 4.90 Å². The van der Waals surface area contributed by atoms with Crippen molar-refractivity contribution in [2.45, 2.75) is 18.5 Å². The molecule has 1 N–H and O–H groups in total. The van der Waals surface area contributed by atoms with Crippen LogP contribution in [0.15, 0.2) is 24.3 Å². The number of benzene rings is 1. The molecule has 4 nitrogen and oxygen atoms in total. The molecular weight excluding hydrogens is 282 g/mol. The van der Waals surface area contributed by atoms with Gasteiger partial charge in [0.25, 0.3) is 0 Å². The van der Waals surface area contributed by atoms with Crippen LogP contribution in [-0.4, -0.2) is 48.1 Å². The van der Waals surface area contributed by atoms with E-state index >= 15 is 0 Å². The number of rotatable bonds is 4. The molecule has 0 bridgehead atoms. The lowest BCUT2D eigenvalue weighted by molar-refractivity contribution is 0.262. The topological polar surface area (TPSA) is 57.6 Å². The maximum atomic E-state index is 11.8. The fourth-order valence-electron chi connectivity index (χ4n) is 2.18. The summed E-state index contributed by atoms with van der Waals surface area (Å²) in [7, 11) is -3.04. The van der Waals surface area contributed by atoms with Crippen LogP contribution in [0.4, 0.5) is 0 Å². The molecule has 106 valence electrons. The van der Waals surface area contributed by atoms with Crippen molar-refractivity contribution in [2.24, 2.45) is 0 Å². The molecule has 1 heterocycles. The van der Waals surface area contributed by atoms with Crippen LogP contribution < -0.4 is 0 Å². The van der Waals surface area contributed by atoms with Crippen molar-refractivity contribution in [3.8, 4) is 0 Å². The number of hydrogen-bond acceptors (Lipinski definition) is 5. The molecule has 1 unspecified atom stereocenters. The van der Waals surface area contributed by atoms with E-state index in [1.807, 2.05) is 29.2 Å². The molecule has 2 rings (SSSR count). The van der Waals surface area contributed by atoms with Crippen LogP contribution in [0.1, 0.15) is 11.1 Å². The third kappa shape index (κ3) is 3.95. The Morgan fingerprint density at radius 1 is 1.32 bits per heavy atom. The SMILES string of the molecule is CS(=O)(=O)C1CSCCN1Cc1ccc(CO)cc1. The smallest absolute Gasteiger partial charge is 0.164 e. The quantitative estimate of drug-likeness (QED) is 0.902. The van der Waals surface area contributed by atoms with E-state index in [-0.39, 0.29) is 12.0 Å². The van der Waals surface area contributed by atoms with Crippen LogP contribution in [0.2, 0.25) is 0 Å². The van der Waals surface area contributed by atoms with E-state index in [0.717, 1.165) is 23.4 Å². The Morgan fingerprint density at radius 2 is 1.95 bits per heavy atom. The van der Waals surface area contributed by atoms with Crippen molar-refractivity contribution in [2.75, 3.05) is 24.3 Å². The van der Waals surface area contributed by atoms with E-state index < -0.39 is 9.84 Å². The minimum absolute atomic E-state index is 0.0343. The van der Waals surface area contributed by atoms with Gasteiger partial charge in [-0.3, -0.25) is 4.90 Å². The first kappa shape index (κ1) is 14.8. The molecule has 0 spiro atoms. The lowest BCUT2D eigenvalue weighted by atomic mass is 10.1. The lowest BCUT2D eigenvalue weighted by Gasteiger charge is -2.34. The number of nitrogens with zero attached hydrogens (tertiary/aromatic N) is 1. The largest absolute Gasteiger partial charge is 0.392 e. The van der Waals surface area contributed by atoms with Crippen LogP contribution in [0, 0.1) is 0 Å². The fraction of sp³-hybridized carbons (Fsp3) is 0.538. The van der Waals surface area contributed by atoms with E-state index in [0.29, 0.717) is 12.3 Å². The normalized spacial score (nSPS) is 21.5. The van der Waals surface area contributed by atoms with Gasteiger partial charge in [0, 0.05) is 30.9 Å². The molecule has 1 aliphatic heterocycles. The Bertz CT molecular complexity index is 513. The van der Waals surface area contributed by atoms with Crippen molar-refractivity contribution in [3.05, 3.63) is 35.4 Å². The maximum absolute atomic E-state index is 11.8. The first-order chi connectivity index (χ1) is 9.00. The average Bonchev–Trinajstić information content (AvgIpc) is 2.39. The van der Waals surface area contributed by atoms with E-state index in [9.17, 15) is 8.42 Å². The van der Waals surface area contributed by atoms with Gasteiger partial charge in [-0.15, -0.1) is 0 Å². The van der Waals surface area contributed by atoms with Crippen LogP contribution in [0.3, 0.4) is 0 Å². The fourth-order valence-corrected chi connectivity index (χ4v) is 5.12. The zero-order valence-electron chi connectivity index (χ0n) is 10.9. The third-order valence-electron chi connectivity index (χ3n) is 3.28. The summed E-state index contributed by atoms with van der Waals surface area (Å²) in [6, 6.07) is 7.66. The van der Waals surface area contributed by atoms with Crippen LogP contribution in [0.25, 0.3) is 0 Å². The molecule has 0 saturated carbocycles. The minimum Gasteiger partial charge on any atom is -0.392 e. The molecule has 0 radical (unpaired) electrons. The van der Waals surface area contributed by atoms with E-state index in [1.165, 1.54) is 6.26 Å². The van der Waals surface area contributed by atoms with Gasteiger partial charge in [0.15, 0.2) is 9.84 Å². The van der Waals surface area contributed by atoms with Gasteiger partial charge in [0.05, 0.1) is 6.61 Å². The van der Waals surface area contributed by atoms with Crippen molar-refractivity contribution in [3.63, 3.8) is 0 Å². The van der Waals surface area contributed by atoms with Gasteiger partial charge in [-0.05, 0) is 11.1 Å². The van der Waals surface area contributed by atoms with E-state index in [1.54, 1.807) is 11.8 Å². The minimum atomic E-state index is -3.04. The molecule has 0 aliphatic carbocycles. The second kappa shape index (κ2) is 6.26. The van der Waals surface area contributed by atoms with Gasteiger partial charge >= 0.3 is 0 Å². The summed E-state index contributed by atoms with van der Waals surface area (Å²) in [5.74, 6) is 1.62. The highest BCUT2D eigenvalue weighted by Crippen LogP contribution is 2.22.